The Hall–Kier alpha value is -2.78. The molecule has 168 valence electrons. The fourth-order valence-corrected chi connectivity index (χ4v) is 4.05. The average Bonchev–Trinajstić information content (AvgIpc) is 2.74. The zero-order chi connectivity index (χ0) is 23.5. The second-order valence-electron chi connectivity index (χ2n) is 7.18. The van der Waals surface area contributed by atoms with Gasteiger partial charge >= 0.3 is 5.97 Å². The predicted octanol–water partition coefficient (Wildman–Crippen LogP) is 4.26. The summed E-state index contributed by atoms with van der Waals surface area (Å²) in [5.41, 5.74) is 2.19. The average molecular weight is 476 g/mol. The van der Waals surface area contributed by atoms with E-state index in [0.717, 1.165) is 5.56 Å². The number of carbonyl (C=O) groups excluding carboxylic acids is 1. The van der Waals surface area contributed by atoms with E-state index in [2.05, 4.69) is 4.98 Å². The molecule has 0 fully saturated rings. The first-order chi connectivity index (χ1) is 15.1. The number of esters is 1. The number of benzene rings is 2. The Bertz CT molecular complexity index is 1220. The van der Waals surface area contributed by atoms with Crippen molar-refractivity contribution in [3.8, 4) is 5.75 Å². The third-order valence-electron chi connectivity index (χ3n) is 4.74. The standard InChI is InChI=1S/C23H22ClNO6S/c1-14-4-10-19(11-5-14)32(28,29)30-13-21-20(12-25-15(2)23(21)31-16(3)26)22(27)17-6-8-18(24)9-7-17/h4-12,22,27H,13H2,1-3H3. The van der Waals surface area contributed by atoms with Crippen molar-refractivity contribution in [2.24, 2.45) is 0 Å². The van der Waals surface area contributed by atoms with Gasteiger partial charge in [-0.25, -0.2) is 0 Å². The van der Waals surface area contributed by atoms with Crippen LogP contribution in [0.2, 0.25) is 5.02 Å². The van der Waals surface area contributed by atoms with Crippen LogP contribution in [0.1, 0.15) is 41.0 Å². The molecule has 0 saturated heterocycles. The fourth-order valence-electron chi connectivity index (χ4n) is 3.05. The minimum absolute atomic E-state index is 0.0114. The molecule has 0 aliphatic heterocycles. The largest absolute Gasteiger partial charge is 0.424 e. The molecule has 3 aromatic rings. The molecule has 1 N–H and O–H groups in total. The van der Waals surface area contributed by atoms with Crippen LogP contribution in [0, 0.1) is 13.8 Å². The molecule has 3 rings (SSSR count). The molecule has 2 aromatic carbocycles. The summed E-state index contributed by atoms with van der Waals surface area (Å²) in [6, 6.07) is 12.7. The molecule has 0 bridgehead atoms. The van der Waals surface area contributed by atoms with Crippen LogP contribution in [0.4, 0.5) is 0 Å². The van der Waals surface area contributed by atoms with Gasteiger partial charge in [0.15, 0.2) is 5.75 Å². The smallest absolute Gasteiger partial charge is 0.308 e. The van der Waals surface area contributed by atoms with Gasteiger partial charge in [0.05, 0.1) is 17.2 Å². The van der Waals surface area contributed by atoms with Gasteiger partial charge in [0, 0.05) is 29.3 Å². The number of halogens is 1. The molecule has 1 unspecified atom stereocenters. The highest BCUT2D eigenvalue weighted by Crippen LogP contribution is 2.34. The first-order valence-electron chi connectivity index (χ1n) is 9.65. The first-order valence-corrected chi connectivity index (χ1v) is 11.4. The van der Waals surface area contributed by atoms with Crippen LogP contribution in [-0.2, 0) is 25.7 Å². The Morgan fingerprint density at radius 3 is 2.31 bits per heavy atom. The molecule has 0 saturated carbocycles. The monoisotopic (exact) mass is 475 g/mol. The summed E-state index contributed by atoms with van der Waals surface area (Å²) in [4.78, 5) is 15.9. The van der Waals surface area contributed by atoms with Crippen molar-refractivity contribution in [3.05, 3.63) is 87.7 Å². The number of aryl methyl sites for hydroxylation is 2. The molecule has 0 spiro atoms. The first kappa shape index (κ1) is 23.9. The van der Waals surface area contributed by atoms with Crippen molar-refractivity contribution in [1.29, 1.82) is 0 Å². The number of aliphatic hydroxyl groups excluding tert-OH is 1. The number of hydrogen-bond acceptors (Lipinski definition) is 7. The van der Waals surface area contributed by atoms with Crippen LogP contribution in [0.15, 0.2) is 59.6 Å². The van der Waals surface area contributed by atoms with Gasteiger partial charge in [-0.3, -0.25) is 14.0 Å². The topological polar surface area (TPSA) is 103 Å². The molecule has 7 nitrogen and oxygen atoms in total. The predicted molar refractivity (Wildman–Crippen MR) is 119 cm³/mol. The Labute approximate surface area is 191 Å². The van der Waals surface area contributed by atoms with E-state index in [4.69, 9.17) is 20.5 Å². The molecule has 9 heteroatoms. The van der Waals surface area contributed by atoms with Crippen LogP contribution in [-0.4, -0.2) is 24.5 Å². The molecule has 0 aliphatic rings. The van der Waals surface area contributed by atoms with Gasteiger partial charge in [0.2, 0.25) is 0 Å². The van der Waals surface area contributed by atoms with Gasteiger partial charge in [-0.15, -0.1) is 0 Å². The van der Waals surface area contributed by atoms with E-state index in [1.54, 1.807) is 43.3 Å². The van der Waals surface area contributed by atoms with Crippen molar-refractivity contribution >= 4 is 27.7 Å². The van der Waals surface area contributed by atoms with Gasteiger partial charge in [-0.05, 0) is 43.7 Å². The second kappa shape index (κ2) is 9.79. The summed E-state index contributed by atoms with van der Waals surface area (Å²) in [5.74, 6) is -0.571. The maximum Gasteiger partial charge on any atom is 0.308 e. The summed E-state index contributed by atoms with van der Waals surface area (Å²) in [6.07, 6.45) is 0.217. The highest BCUT2D eigenvalue weighted by atomic mass is 35.5. The Balaban J connectivity index is 2.02. The molecule has 0 aliphatic carbocycles. The summed E-state index contributed by atoms with van der Waals surface area (Å²) in [7, 11) is -4.11. The molecular formula is C23H22ClNO6S. The Morgan fingerprint density at radius 1 is 1.09 bits per heavy atom. The Morgan fingerprint density at radius 2 is 1.72 bits per heavy atom. The van der Waals surface area contributed by atoms with E-state index in [9.17, 15) is 18.3 Å². The molecule has 1 atom stereocenters. The van der Waals surface area contributed by atoms with Crippen molar-refractivity contribution in [2.75, 3.05) is 0 Å². The lowest BCUT2D eigenvalue weighted by molar-refractivity contribution is -0.132. The third-order valence-corrected chi connectivity index (χ3v) is 6.27. The normalized spacial score (nSPS) is 12.4. The van der Waals surface area contributed by atoms with Gasteiger partial charge < -0.3 is 9.84 Å². The summed E-state index contributed by atoms with van der Waals surface area (Å²) in [6.45, 7) is 4.19. The highest BCUT2D eigenvalue weighted by Gasteiger charge is 2.25. The van der Waals surface area contributed by atoms with Gasteiger partial charge in [0.1, 0.15) is 6.10 Å². The van der Waals surface area contributed by atoms with Crippen molar-refractivity contribution in [3.63, 3.8) is 0 Å². The van der Waals surface area contributed by atoms with E-state index in [0.29, 0.717) is 16.3 Å². The number of hydrogen-bond donors (Lipinski definition) is 1. The van der Waals surface area contributed by atoms with Gasteiger partial charge in [-0.1, -0.05) is 41.4 Å². The molecule has 32 heavy (non-hydrogen) atoms. The van der Waals surface area contributed by atoms with Crippen molar-refractivity contribution < 1.29 is 27.2 Å². The molecule has 1 heterocycles. The molecule has 1 aromatic heterocycles. The molecule has 0 amide bonds. The summed E-state index contributed by atoms with van der Waals surface area (Å²) < 4.78 is 36.0. The number of rotatable bonds is 7. The number of carbonyl (C=O) groups is 1. The van der Waals surface area contributed by atoms with Crippen molar-refractivity contribution in [2.45, 2.75) is 38.4 Å². The second-order valence-corrected chi connectivity index (χ2v) is 9.24. The number of aromatic nitrogens is 1. The van der Waals surface area contributed by atoms with E-state index >= 15 is 0 Å². The number of pyridine rings is 1. The van der Waals surface area contributed by atoms with E-state index in [1.165, 1.54) is 25.3 Å². The maximum atomic E-state index is 12.7. The molecule has 0 radical (unpaired) electrons. The number of nitrogens with zero attached hydrogens (tertiary/aromatic N) is 1. The summed E-state index contributed by atoms with van der Waals surface area (Å²) in [5, 5.41) is 11.5. The number of ether oxygens (including phenoxy) is 1. The van der Waals surface area contributed by atoms with E-state index in [1.807, 2.05) is 6.92 Å². The van der Waals surface area contributed by atoms with Gasteiger partial charge in [0.25, 0.3) is 10.1 Å². The maximum absolute atomic E-state index is 12.7. The van der Waals surface area contributed by atoms with Crippen LogP contribution in [0.25, 0.3) is 0 Å². The zero-order valence-corrected chi connectivity index (χ0v) is 19.3. The lowest BCUT2D eigenvalue weighted by atomic mass is 9.97. The van der Waals surface area contributed by atoms with E-state index < -0.39 is 28.8 Å². The lowest BCUT2D eigenvalue weighted by Gasteiger charge is -2.20. The van der Waals surface area contributed by atoms with Crippen LogP contribution < -0.4 is 4.74 Å². The van der Waals surface area contributed by atoms with Crippen LogP contribution in [0.3, 0.4) is 0 Å². The van der Waals surface area contributed by atoms with Crippen LogP contribution in [0.5, 0.6) is 5.75 Å². The minimum atomic E-state index is -4.11. The Kier molecular flexibility index (Phi) is 7.30. The van der Waals surface area contributed by atoms with Gasteiger partial charge in [-0.2, -0.15) is 8.42 Å². The zero-order valence-electron chi connectivity index (χ0n) is 17.7. The van der Waals surface area contributed by atoms with Crippen molar-refractivity contribution in [1.82, 2.24) is 4.98 Å². The molecular weight excluding hydrogens is 454 g/mol. The lowest BCUT2D eigenvalue weighted by Crippen LogP contribution is -2.14. The highest BCUT2D eigenvalue weighted by molar-refractivity contribution is 7.86. The van der Waals surface area contributed by atoms with E-state index in [-0.39, 0.29) is 21.8 Å². The van der Waals surface area contributed by atoms with Crippen LogP contribution >= 0.6 is 11.6 Å². The minimum Gasteiger partial charge on any atom is -0.424 e. The SMILES string of the molecule is CC(=O)Oc1c(C)ncc(C(O)c2ccc(Cl)cc2)c1COS(=O)(=O)c1ccc(C)cc1. The third kappa shape index (κ3) is 5.52. The fraction of sp³-hybridized carbons (Fsp3) is 0.217. The summed E-state index contributed by atoms with van der Waals surface area (Å²) >= 11 is 5.93. The number of aliphatic hydroxyl groups is 1. The quantitative estimate of drug-likeness (QED) is 0.402.